The van der Waals surface area contributed by atoms with Crippen molar-refractivity contribution in [1.82, 2.24) is 4.90 Å². The molecule has 1 aliphatic rings. The minimum atomic E-state index is 0.0431. The van der Waals surface area contributed by atoms with E-state index < -0.39 is 0 Å². The van der Waals surface area contributed by atoms with Crippen LogP contribution in [0.25, 0.3) is 0 Å². The van der Waals surface area contributed by atoms with Crippen LogP contribution in [0.1, 0.15) is 44.7 Å². The molecular weight excluding hydrogens is 236 g/mol. The SMILES string of the molecule is CCC(C)(C(N)c1ccc(OC)cc1)N1CCCC1. The Hall–Kier alpha value is -1.06. The number of nitrogens with zero attached hydrogens (tertiary/aromatic N) is 1. The summed E-state index contributed by atoms with van der Waals surface area (Å²) in [4.78, 5) is 2.56. The van der Waals surface area contributed by atoms with Crippen molar-refractivity contribution in [3.05, 3.63) is 29.8 Å². The van der Waals surface area contributed by atoms with Gasteiger partial charge in [-0.05, 0) is 57.0 Å². The molecular formula is C16H26N2O. The molecule has 0 aromatic heterocycles. The van der Waals surface area contributed by atoms with E-state index in [0.717, 1.165) is 12.2 Å². The standard InChI is InChI=1S/C16H26N2O/c1-4-16(2,18-11-5-6-12-18)15(17)13-7-9-14(19-3)10-8-13/h7-10,15H,4-6,11-12,17H2,1-3H3. The van der Waals surface area contributed by atoms with E-state index in [4.69, 9.17) is 10.5 Å². The smallest absolute Gasteiger partial charge is 0.118 e. The molecule has 3 nitrogen and oxygen atoms in total. The fraction of sp³-hybridized carbons (Fsp3) is 0.625. The van der Waals surface area contributed by atoms with Gasteiger partial charge in [-0.1, -0.05) is 19.1 Å². The van der Waals surface area contributed by atoms with Crippen molar-refractivity contribution in [2.75, 3.05) is 20.2 Å². The van der Waals surface area contributed by atoms with Crippen LogP contribution in [0.4, 0.5) is 0 Å². The van der Waals surface area contributed by atoms with E-state index in [1.54, 1.807) is 7.11 Å². The molecule has 0 radical (unpaired) electrons. The van der Waals surface area contributed by atoms with Crippen LogP contribution in [-0.4, -0.2) is 30.6 Å². The fourth-order valence-electron chi connectivity index (χ4n) is 3.04. The third kappa shape index (κ3) is 2.77. The number of rotatable bonds is 5. The van der Waals surface area contributed by atoms with Gasteiger partial charge in [0.05, 0.1) is 7.11 Å². The molecule has 0 amide bonds. The molecule has 1 saturated heterocycles. The summed E-state index contributed by atoms with van der Waals surface area (Å²) in [5.41, 5.74) is 7.81. The molecule has 0 saturated carbocycles. The topological polar surface area (TPSA) is 38.5 Å². The molecule has 19 heavy (non-hydrogen) atoms. The Kier molecular flexibility index (Phi) is 4.48. The maximum absolute atomic E-state index is 6.57. The van der Waals surface area contributed by atoms with Gasteiger partial charge in [0.1, 0.15) is 5.75 Å². The van der Waals surface area contributed by atoms with E-state index in [9.17, 15) is 0 Å². The molecule has 3 heteroatoms. The van der Waals surface area contributed by atoms with E-state index in [2.05, 4.69) is 30.9 Å². The molecule has 1 aliphatic heterocycles. The van der Waals surface area contributed by atoms with E-state index in [-0.39, 0.29) is 11.6 Å². The number of methoxy groups -OCH3 is 1. The summed E-state index contributed by atoms with van der Waals surface area (Å²) in [7, 11) is 1.69. The first-order chi connectivity index (χ1) is 9.11. The van der Waals surface area contributed by atoms with Crippen LogP contribution in [0.3, 0.4) is 0 Å². The van der Waals surface area contributed by atoms with E-state index >= 15 is 0 Å². The lowest BCUT2D eigenvalue weighted by molar-refractivity contribution is 0.1000. The van der Waals surface area contributed by atoms with Gasteiger partial charge < -0.3 is 10.5 Å². The summed E-state index contributed by atoms with van der Waals surface area (Å²) in [6, 6.07) is 8.22. The first kappa shape index (κ1) is 14.4. The highest BCUT2D eigenvalue weighted by Gasteiger charge is 2.38. The molecule has 0 bridgehead atoms. The number of hydrogen-bond donors (Lipinski definition) is 1. The lowest BCUT2D eigenvalue weighted by Gasteiger charge is -2.43. The maximum Gasteiger partial charge on any atom is 0.118 e. The third-order valence-corrected chi connectivity index (χ3v) is 4.69. The van der Waals surface area contributed by atoms with Crippen molar-refractivity contribution >= 4 is 0 Å². The lowest BCUT2D eigenvalue weighted by Crippen LogP contribution is -2.51. The number of benzene rings is 1. The summed E-state index contributed by atoms with van der Waals surface area (Å²) in [6.07, 6.45) is 3.66. The quantitative estimate of drug-likeness (QED) is 0.886. The first-order valence-corrected chi connectivity index (χ1v) is 7.26. The molecule has 0 spiro atoms. The molecule has 1 heterocycles. The largest absolute Gasteiger partial charge is 0.497 e. The van der Waals surface area contributed by atoms with Crippen molar-refractivity contribution < 1.29 is 4.74 Å². The second-order valence-corrected chi connectivity index (χ2v) is 5.66. The predicted octanol–water partition coefficient (Wildman–Crippen LogP) is 2.96. The van der Waals surface area contributed by atoms with Crippen molar-refractivity contribution in [3.8, 4) is 5.75 Å². The molecule has 2 atom stereocenters. The van der Waals surface area contributed by atoms with Gasteiger partial charge in [0.25, 0.3) is 0 Å². The molecule has 2 N–H and O–H groups in total. The third-order valence-electron chi connectivity index (χ3n) is 4.69. The Labute approximate surface area is 116 Å². The molecule has 1 fully saturated rings. The summed E-state index contributed by atoms with van der Waals surface area (Å²) in [5, 5.41) is 0. The van der Waals surface area contributed by atoms with Gasteiger partial charge in [0.15, 0.2) is 0 Å². The second-order valence-electron chi connectivity index (χ2n) is 5.66. The van der Waals surface area contributed by atoms with E-state index in [1.807, 2.05) is 12.1 Å². The number of nitrogens with two attached hydrogens (primary N) is 1. The number of ether oxygens (including phenoxy) is 1. The van der Waals surface area contributed by atoms with Crippen molar-refractivity contribution in [3.63, 3.8) is 0 Å². The highest BCUT2D eigenvalue weighted by Crippen LogP contribution is 2.35. The normalized spacial score (nSPS) is 21.1. The monoisotopic (exact) mass is 262 g/mol. The van der Waals surface area contributed by atoms with Crippen molar-refractivity contribution in [2.24, 2.45) is 5.73 Å². The molecule has 0 aliphatic carbocycles. The summed E-state index contributed by atoms with van der Waals surface area (Å²) in [5.74, 6) is 0.885. The maximum atomic E-state index is 6.57. The zero-order chi connectivity index (χ0) is 13.9. The lowest BCUT2D eigenvalue weighted by atomic mass is 9.83. The van der Waals surface area contributed by atoms with Gasteiger partial charge >= 0.3 is 0 Å². The van der Waals surface area contributed by atoms with Gasteiger partial charge in [0.2, 0.25) is 0 Å². The van der Waals surface area contributed by atoms with Crippen LogP contribution in [0.5, 0.6) is 5.75 Å². The van der Waals surface area contributed by atoms with Gasteiger partial charge in [0, 0.05) is 11.6 Å². The van der Waals surface area contributed by atoms with Gasteiger partial charge in [-0.2, -0.15) is 0 Å². The zero-order valence-electron chi connectivity index (χ0n) is 12.4. The summed E-state index contributed by atoms with van der Waals surface area (Å²) >= 11 is 0. The Morgan fingerprint density at radius 3 is 2.32 bits per heavy atom. The first-order valence-electron chi connectivity index (χ1n) is 7.26. The Morgan fingerprint density at radius 2 is 1.84 bits per heavy atom. The van der Waals surface area contributed by atoms with Gasteiger partial charge in [-0.3, -0.25) is 4.90 Å². The van der Waals surface area contributed by atoms with Crippen LogP contribution in [0, 0.1) is 0 Å². The van der Waals surface area contributed by atoms with E-state index in [1.165, 1.54) is 31.5 Å². The second kappa shape index (κ2) is 5.93. The van der Waals surface area contributed by atoms with Crippen LogP contribution in [0.15, 0.2) is 24.3 Å². The Morgan fingerprint density at radius 1 is 1.26 bits per heavy atom. The van der Waals surface area contributed by atoms with Crippen molar-refractivity contribution in [1.29, 1.82) is 0 Å². The van der Waals surface area contributed by atoms with Crippen molar-refractivity contribution in [2.45, 2.75) is 44.7 Å². The molecule has 2 rings (SSSR count). The highest BCUT2D eigenvalue weighted by molar-refractivity contribution is 5.30. The van der Waals surface area contributed by atoms with Crippen LogP contribution >= 0.6 is 0 Å². The van der Waals surface area contributed by atoms with Gasteiger partial charge in [-0.25, -0.2) is 0 Å². The van der Waals surface area contributed by atoms with Crippen LogP contribution < -0.4 is 10.5 Å². The van der Waals surface area contributed by atoms with E-state index in [0.29, 0.717) is 0 Å². The predicted molar refractivity (Wildman–Crippen MR) is 79.4 cm³/mol. The average molecular weight is 262 g/mol. The Balaban J connectivity index is 2.20. The molecule has 1 aromatic carbocycles. The van der Waals surface area contributed by atoms with Crippen LogP contribution in [0.2, 0.25) is 0 Å². The Bertz CT molecular complexity index is 398. The fourth-order valence-corrected chi connectivity index (χ4v) is 3.04. The average Bonchev–Trinajstić information content (AvgIpc) is 3.00. The summed E-state index contributed by atoms with van der Waals surface area (Å²) < 4.78 is 5.21. The van der Waals surface area contributed by atoms with Gasteiger partial charge in [-0.15, -0.1) is 0 Å². The molecule has 2 unspecified atom stereocenters. The van der Waals surface area contributed by atoms with Crippen LogP contribution in [-0.2, 0) is 0 Å². The molecule has 106 valence electrons. The zero-order valence-corrected chi connectivity index (χ0v) is 12.4. The highest BCUT2D eigenvalue weighted by atomic mass is 16.5. The number of hydrogen-bond acceptors (Lipinski definition) is 3. The minimum Gasteiger partial charge on any atom is -0.497 e. The number of likely N-dealkylation sites (tertiary alicyclic amines) is 1. The minimum absolute atomic E-state index is 0.0431. The molecule has 1 aromatic rings. The summed E-state index contributed by atoms with van der Waals surface area (Å²) in [6.45, 7) is 6.89.